The van der Waals surface area contributed by atoms with E-state index in [-0.39, 0.29) is 17.3 Å². The Bertz CT molecular complexity index is 490. The molecule has 1 rings (SSSR count). The summed E-state index contributed by atoms with van der Waals surface area (Å²) < 4.78 is 34.4. The van der Waals surface area contributed by atoms with Crippen LogP contribution >= 0.6 is 15.9 Å². The van der Waals surface area contributed by atoms with Crippen LogP contribution in [-0.2, 0) is 19.3 Å². The van der Waals surface area contributed by atoms with E-state index < -0.39 is 9.84 Å². The monoisotopic (exact) mass is 337 g/mol. The second-order valence-electron chi connectivity index (χ2n) is 3.61. The van der Waals surface area contributed by atoms with E-state index in [1.54, 1.807) is 19.2 Å². The lowest BCUT2D eigenvalue weighted by Crippen LogP contribution is -2.14. The smallest absolute Gasteiger partial charge is 0.181 e. The molecule has 0 radical (unpaired) electrons. The van der Waals surface area contributed by atoms with Gasteiger partial charge < -0.3 is 15.2 Å². The maximum Gasteiger partial charge on any atom is 0.181 e. The second kappa shape index (κ2) is 7.08. The van der Waals surface area contributed by atoms with E-state index >= 15 is 0 Å². The van der Waals surface area contributed by atoms with Crippen molar-refractivity contribution in [2.24, 2.45) is 0 Å². The molecular weight excluding hydrogens is 322 g/mol. The van der Waals surface area contributed by atoms with Crippen LogP contribution in [0.25, 0.3) is 0 Å². The molecule has 0 aliphatic heterocycles. The zero-order valence-electron chi connectivity index (χ0n) is 10.1. The molecule has 0 bridgehead atoms. The first-order valence-electron chi connectivity index (χ1n) is 5.32. The van der Waals surface area contributed by atoms with E-state index in [1.807, 2.05) is 0 Å². The molecule has 0 aliphatic carbocycles. The molecule has 7 heteroatoms. The molecule has 1 aromatic carbocycles. The molecule has 0 spiro atoms. The minimum Gasteiger partial charge on any atom is -0.399 e. The fourth-order valence-corrected chi connectivity index (χ4v) is 3.62. The lowest BCUT2D eigenvalue weighted by molar-refractivity contribution is 0.0785. The highest BCUT2D eigenvalue weighted by atomic mass is 79.9. The standard InChI is InChI=1S/C11H16BrNO4S/c1-16-4-5-17-6-7-18(14,15)11-3-2-9(13)8-10(11)12/h2-3,8H,4-7,13H2,1H3. The van der Waals surface area contributed by atoms with Gasteiger partial charge in [0, 0.05) is 17.3 Å². The van der Waals surface area contributed by atoms with Crippen molar-refractivity contribution in [3.8, 4) is 0 Å². The number of nitrogens with two attached hydrogens (primary N) is 1. The van der Waals surface area contributed by atoms with Crippen molar-refractivity contribution in [1.29, 1.82) is 0 Å². The lowest BCUT2D eigenvalue weighted by atomic mass is 10.3. The molecule has 0 atom stereocenters. The largest absolute Gasteiger partial charge is 0.399 e. The van der Waals surface area contributed by atoms with Crippen LogP contribution in [0.4, 0.5) is 5.69 Å². The number of hydrogen-bond donors (Lipinski definition) is 1. The topological polar surface area (TPSA) is 78.6 Å². The van der Waals surface area contributed by atoms with Crippen LogP contribution in [0.15, 0.2) is 27.6 Å². The zero-order chi connectivity index (χ0) is 13.6. The molecule has 0 fully saturated rings. The number of hydrogen-bond acceptors (Lipinski definition) is 5. The summed E-state index contributed by atoms with van der Waals surface area (Å²) in [6.07, 6.45) is 0. The van der Waals surface area contributed by atoms with Crippen LogP contribution in [0.3, 0.4) is 0 Å². The van der Waals surface area contributed by atoms with E-state index in [4.69, 9.17) is 15.2 Å². The SMILES string of the molecule is COCCOCCS(=O)(=O)c1ccc(N)cc1Br. The second-order valence-corrected chi connectivity index (χ2v) is 6.55. The zero-order valence-corrected chi connectivity index (χ0v) is 12.5. The van der Waals surface area contributed by atoms with Gasteiger partial charge in [0.25, 0.3) is 0 Å². The van der Waals surface area contributed by atoms with E-state index in [0.717, 1.165) is 0 Å². The van der Waals surface area contributed by atoms with E-state index in [0.29, 0.717) is 23.4 Å². The van der Waals surface area contributed by atoms with Crippen LogP contribution in [0, 0.1) is 0 Å². The van der Waals surface area contributed by atoms with Crippen molar-refractivity contribution >= 4 is 31.5 Å². The normalized spacial score (nSPS) is 11.7. The van der Waals surface area contributed by atoms with Gasteiger partial charge in [-0.2, -0.15) is 0 Å². The number of halogens is 1. The van der Waals surface area contributed by atoms with Crippen molar-refractivity contribution in [2.75, 3.05) is 38.4 Å². The van der Waals surface area contributed by atoms with Gasteiger partial charge in [0.1, 0.15) is 0 Å². The Kier molecular flexibility index (Phi) is 6.07. The molecule has 0 unspecified atom stereocenters. The first-order chi connectivity index (χ1) is 8.47. The molecule has 0 amide bonds. The number of benzene rings is 1. The molecule has 0 aliphatic rings. The summed E-state index contributed by atoms with van der Waals surface area (Å²) in [5.74, 6) is -0.0702. The van der Waals surface area contributed by atoms with Gasteiger partial charge in [-0.3, -0.25) is 0 Å². The summed E-state index contributed by atoms with van der Waals surface area (Å²) in [7, 11) is -1.80. The highest BCUT2D eigenvalue weighted by Crippen LogP contribution is 2.25. The molecule has 1 aromatic rings. The van der Waals surface area contributed by atoms with Crippen LogP contribution in [0.5, 0.6) is 0 Å². The van der Waals surface area contributed by atoms with Crippen LogP contribution in [0.1, 0.15) is 0 Å². The molecule has 0 aromatic heterocycles. The van der Waals surface area contributed by atoms with Crippen molar-refractivity contribution in [3.63, 3.8) is 0 Å². The molecule has 0 saturated heterocycles. The molecular formula is C11H16BrNO4S. The molecule has 0 heterocycles. The Balaban J connectivity index is 2.63. The van der Waals surface area contributed by atoms with Gasteiger partial charge in [-0.15, -0.1) is 0 Å². The molecule has 0 saturated carbocycles. The molecule has 2 N–H and O–H groups in total. The first kappa shape index (κ1) is 15.4. The lowest BCUT2D eigenvalue weighted by Gasteiger charge is -2.08. The first-order valence-corrected chi connectivity index (χ1v) is 7.76. The number of sulfone groups is 1. The number of anilines is 1. The number of rotatable bonds is 7. The quantitative estimate of drug-likeness (QED) is 0.602. The number of nitrogen functional groups attached to an aromatic ring is 1. The Hall–Kier alpha value is -0.630. The summed E-state index contributed by atoms with van der Waals surface area (Å²) in [4.78, 5) is 0.229. The van der Waals surface area contributed by atoms with E-state index in [2.05, 4.69) is 15.9 Å². The number of methoxy groups -OCH3 is 1. The fourth-order valence-electron chi connectivity index (χ4n) is 1.29. The van der Waals surface area contributed by atoms with Crippen LogP contribution < -0.4 is 5.73 Å². The highest BCUT2D eigenvalue weighted by molar-refractivity contribution is 9.10. The molecule has 102 valence electrons. The molecule has 5 nitrogen and oxygen atoms in total. The maximum absolute atomic E-state index is 12.0. The van der Waals surface area contributed by atoms with Gasteiger partial charge >= 0.3 is 0 Å². The fraction of sp³-hybridized carbons (Fsp3) is 0.455. The Labute approximate surface area is 115 Å². The highest BCUT2D eigenvalue weighted by Gasteiger charge is 2.17. The third kappa shape index (κ3) is 4.56. The van der Waals surface area contributed by atoms with Gasteiger partial charge in [-0.1, -0.05) is 0 Å². The summed E-state index contributed by atoms with van der Waals surface area (Å²) in [6.45, 7) is 0.975. The van der Waals surface area contributed by atoms with Gasteiger partial charge in [0.05, 0.1) is 30.5 Å². The minimum absolute atomic E-state index is 0.0702. The third-order valence-electron chi connectivity index (χ3n) is 2.22. The van der Waals surface area contributed by atoms with Gasteiger partial charge in [-0.25, -0.2) is 8.42 Å². The maximum atomic E-state index is 12.0. The van der Waals surface area contributed by atoms with Crippen molar-refractivity contribution in [1.82, 2.24) is 0 Å². The predicted octanol–water partition coefficient (Wildman–Crippen LogP) is 1.47. The van der Waals surface area contributed by atoms with Gasteiger partial charge in [-0.05, 0) is 34.1 Å². The van der Waals surface area contributed by atoms with Gasteiger partial charge in [0.15, 0.2) is 9.84 Å². The average molecular weight is 338 g/mol. The average Bonchev–Trinajstić information content (AvgIpc) is 2.28. The predicted molar refractivity (Wildman–Crippen MR) is 73.3 cm³/mol. The van der Waals surface area contributed by atoms with E-state index in [9.17, 15) is 8.42 Å². The third-order valence-corrected chi connectivity index (χ3v) is 4.87. The van der Waals surface area contributed by atoms with Gasteiger partial charge in [0.2, 0.25) is 0 Å². The minimum atomic E-state index is -3.36. The van der Waals surface area contributed by atoms with Crippen molar-refractivity contribution < 1.29 is 17.9 Å². The van der Waals surface area contributed by atoms with E-state index in [1.165, 1.54) is 6.07 Å². The Morgan fingerprint density at radius 2 is 2.00 bits per heavy atom. The van der Waals surface area contributed by atoms with Crippen LogP contribution in [0.2, 0.25) is 0 Å². The summed E-state index contributed by atoms with van der Waals surface area (Å²) in [5, 5.41) is 0. The Morgan fingerprint density at radius 1 is 1.28 bits per heavy atom. The van der Waals surface area contributed by atoms with Crippen LogP contribution in [-0.4, -0.2) is 41.1 Å². The van der Waals surface area contributed by atoms with Crippen molar-refractivity contribution in [2.45, 2.75) is 4.90 Å². The summed E-state index contributed by atoms with van der Waals surface area (Å²) in [5.41, 5.74) is 6.07. The Morgan fingerprint density at radius 3 is 2.61 bits per heavy atom. The number of ether oxygens (including phenoxy) is 2. The summed E-state index contributed by atoms with van der Waals surface area (Å²) >= 11 is 3.20. The van der Waals surface area contributed by atoms with Crippen molar-refractivity contribution in [3.05, 3.63) is 22.7 Å². The summed E-state index contributed by atoms with van der Waals surface area (Å²) in [6, 6.07) is 4.62. The molecule has 18 heavy (non-hydrogen) atoms.